The zero-order valence-corrected chi connectivity index (χ0v) is 16.0. The number of nitrogens with zero attached hydrogens (tertiary/aromatic N) is 2. The Bertz CT molecular complexity index is 1080. The van der Waals surface area contributed by atoms with E-state index in [-0.39, 0.29) is 5.91 Å². The van der Waals surface area contributed by atoms with Crippen molar-refractivity contribution >= 4 is 34.6 Å². The number of carbonyl (C=O) groups excluding carboxylic acids is 1. The fourth-order valence-corrected chi connectivity index (χ4v) is 2.76. The molecule has 0 fully saturated rings. The first kappa shape index (κ1) is 19.2. The summed E-state index contributed by atoms with van der Waals surface area (Å²) in [5.74, 6) is 0.214. The highest BCUT2D eigenvalue weighted by Gasteiger charge is 2.12. The molecule has 0 saturated heterocycles. The lowest BCUT2D eigenvalue weighted by molar-refractivity contribution is 0.102. The van der Waals surface area contributed by atoms with E-state index in [1.807, 2.05) is 13.0 Å². The number of aromatic nitrogens is 1. The lowest BCUT2D eigenvalue weighted by Gasteiger charge is -2.14. The molecule has 28 heavy (non-hydrogen) atoms. The molecule has 0 unspecified atom stereocenters. The number of benzene rings is 2. The van der Waals surface area contributed by atoms with Gasteiger partial charge in [0.2, 0.25) is 0 Å². The van der Waals surface area contributed by atoms with Crippen LogP contribution in [0, 0.1) is 18.3 Å². The van der Waals surface area contributed by atoms with Gasteiger partial charge in [-0.25, -0.2) is 0 Å². The molecule has 0 aliphatic carbocycles. The van der Waals surface area contributed by atoms with E-state index in [4.69, 9.17) is 21.6 Å². The number of halogens is 1. The Morgan fingerprint density at radius 3 is 2.71 bits per heavy atom. The lowest BCUT2D eigenvalue weighted by atomic mass is 10.1. The van der Waals surface area contributed by atoms with E-state index in [9.17, 15) is 4.79 Å². The van der Waals surface area contributed by atoms with Crippen molar-refractivity contribution in [2.24, 2.45) is 0 Å². The normalized spacial score (nSPS) is 10.1. The minimum absolute atomic E-state index is 0.349. The molecule has 7 heteroatoms. The van der Waals surface area contributed by atoms with Gasteiger partial charge >= 0.3 is 0 Å². The number of nitrogens with one attached hydrogen (secondary N) is 2. The fourth-order valence-electron chi connectivity index (χ4n) is 2.60. The first-order valence-electron chi connectivity index (χ1n) is 8.38. The second kappa shape index (κ2) is 8.42. The van der Waals surface area contributed by atoms with E-state index in [0.717, 1.165) is 5.56 Å². The van der Waals surface area contributed by atoms with Gasteiger partial charge in [0, 0.05) is 17.3 Å². The summed E-state index contributed by atoms with van der Waals surface area (Å²) in [6.45, 7) is 1.89. The van der Waals surface area contributed by atoms with E-state index in [1.165, 1.54) is 6.20 Å². The molecule has 0 radical (unpaired) electrons. The summed E-state index contributed by atoms with van der Waals surface area (Å²) in [5.41, 5.74) is 3.39. The second-order valence-corrected chi connectivity index (χ2v) is 6.41. The van der Waals surface area contributed by atoms with Crippen molar-refractivity contribution in [2.75, 3.05) is 17.7 Å². The summed E-state index contributed by atoms with van der Waals surface area (Å²) < 4.78 is 5.36. The molecule has 1 aromatic heterocycles. The van der Waals surface area contributed by atoms with Crippen molar-refractivity contribution in [3.8, 4) is 11.8 Å². The van der Waals surface area contributed by atoms with Crippen LogP contribution < -0.4 is 15.4 Å². The van der Waals surface area contributed by atoms with Crippen LogP contribution in [0.15, 0.2) is 54.9 Å². The Labute approximate surface area is 167 Å². The smallest absolute Gasteiger partial charge is 0.257 e. The third-order valence-electron chi connectivity index (χ3n) is 4.06. The van der Waals surface area contributed by atoms with Gasteiger partial charge in [-0.15, -0.1) is 0 Å². The van der Waals surface area contributed by atoms with Gasteiger partial charge in [0.1, 0.15) is 11.8 Å². The van der Waals surface area contributed by atoms with Crippen LogP contribution in [0.25, 0.3) is 0 Å². The Balaban J connectivity index is 1.84. The highest BCUT2D eigenvalue weighted by molar-refractivity contribution is 6.31. The maximum absolute atomic E-state index is 12.6. The van der Waals surface area contributed by atoms with E-state index < -0.39 is 0 Å². The number of ether oxygens (including phenoxy) is 1. The average molecular weight is 393 g/mol. The lowest BCUT2D eigenvalue weighted by Crippen LogP contribution is -2.13. The molecule has 3 aromatic rings. The van der Waals surface area contributed by atoms with Gasteiger partial charge in [-0.1, -0.05) is 23.7 Å². The van der Waals surface area contributed by atoms with Crippen molar-refractivity contribution < 1.29 is 9.53 Å². The molecule has 1 heterocycles. The number of rotatable bonds is 5. The Hall–Kier alpha value is -3.56. The van der Waals surface area contributed by atoms with Gasteiger partial charge in [-0.3, -0.25) is 9.78 Å². The van der Waals surface area contributed by atoms with E-state index in [0.29, 0.717) is 39.0 Å². The number of aryl methyl sites for hydroxylation is 1. The molecule has 0 bridgehead atoms. The first-order valence-corrected chi connectivity index (χ1v) is 8.76. The molecule has 2 aromatic carbocycles. The van der Waals surface area contributed by atoms with Gasteiger partial charge < -0.3 is 15.4 Å². The maximum atomic E-state index is 12.6. The van der Waals surface area contributed by atoms with Crippen molar-refractivity contribution in [3.63, 3.8) is 0 Å². The molecule has 140 valence electrons. The number of anilines is 3. The van der Waals surface area contributed by atoms with Crippen LogP contribution >= 0.6 is 11.6 Å². The Morgan fingerprint density at radius 2 is 1.96 bits per heavy atom. The number of hydrogen-bond donors (Lipinski definition) is 2. The monoisotopic (exact) mass is 392 g/mol. The van der Waals surface area contributed by atoms with Gasteiger partial charge in [-0.2, -0.15) is 5.26 Å². The van der Waals surface area contributed by atoms with E-state index in [1.54, 1.807) is 49.7 Å². The van der Waals surface area contributed by atoms with Crippen molar-refractivity contribution in [3.05, 3.63) is 76.6 Å². The molecule has 2 N–H and O–H groups in total. The Kier molecular flexibility index (Phi) is 5.78. The maximum Gasteiger partial charge on any atom is 0.257 e. The van der Waals surface area contributed by atoms with Crippen LogP contribution in [-0.2, 0) is 0 Å². The zero-order chi connectivity index (χ0) is 20.1. The summed E-state index contributed by atoms with van der Waals surface area (Å²) in [6.07, 6.45) is 3.06. The number of carbonyl (C=O) groups is 1. The van der Waals surface area contributed by atoms with Crippen molar-refractivity contribution in [1.82, 2.24) is 4.98 Å². The standard InChI is InChI=1S/C21H17ClN4O2/c1-13-7-19(20(28-2)9-17(13)22)25-16-8-15(11-24-12-16)21(27)26-18-6-4-3-5-14(18)10-23/h3-9,11-12,25H,1-2H3,(H,26,27). The molecule has 0 atom stereocenters. The largest absolute Gasteiger partial charge is 0.495 e. The molecule has 1 amide bonds. The average Bonchev–Trinajstić information content (AvgIpc) is 2.71. The third-order valence-corrected chi connectivity index (χ3v) is 4.46. The van der Waals surface area contributed by atoms with Gasteiger partial charge in [0.05, 0.1) is 41.5 Å². The quantitative estimate of drug-likeness (QED) is 0.643. The highest BCUT2D eigenvalue weighted by Crippen LogP contribution is 2.33. The van der Waals surface area contributed by atoms with Gasteiger partial charge in [-0.05, 0) is 36.8 Å². The number of nitriles is 1. The topological polar surface area (TPSA) is 87.0 Å². The Morgan fingerprint density at radius 1 is 1.18 bits per heavy atom. The third kappa shape index (κ3) is 4.22. The van der Waals surface area contributed by atoms with Gasteiger partial charge in [0.25, 0.3) is 5.91 Å². The van der Waals surface area contributed by atoms with Crippen LogP contribution in [0.4, 0.5) is 17.1 Å². The van der Waals surface area contributed by atoms with Gasteiger partial charge in [0.15, 0.2) is 0 Å². The SMILES string of the molecule is COc1cc(Cl)c(C)cc1Nc1cncc(C(=O)Nc2ccccc2C#N)c1. The molecule has 6 nitrogen and oxygen atoms in total. The molecular weight excluding hydrogens is 376 g/mol. The summed E-state index contributed by atoms with van der Waals surface area (Å²) in [4.78, 5) is 16.7. The number of para-hydroxylation sites is 1. The van der Waals surface area contributed by atoms with E-state index >= 15 is 0 Å². The zero-order valence-electron chi connectivity index (χ0n) is 15.3. The van der Waals surface area contributed by atoms with Crippen LogP contribution in [0.2, 0.25) is 5.02 Å². The van der Waals surface area contributed by atoms with Crippen LogP contribution in [0.5, 0.6) is 5.75 Å². The molecule has 0 aliphatic heterocycles. The molecule has 0 saturated carbocycles. The number of hydrogen-bond acceptors (Lipinski definition) is 5. The summed E-state index contributed by atoms with van der Waals surface area (Å²) in [6, 6.07) is 14.1. The minimum atomic E-state index is -0.363. The fraction of sp³-hybridized carbons (Fsp3) is 0.0952. The van der Waals surface area contributed by atoms with Crippen LogP contribution in [0.1, 0.15) is 21.5 Å². The number of pyridine rings is 1. The predicted octanol–water partition coefficient (Wildman–Crippen LogP) is 4.92. The van der Waals surface area contributed by atoms with Crippen LogP contribution in [0.3, 0.4) is 0 Å². The molecule has 0 aliphatic rings. The van der Waals surface area contributed by atoms with Crippen molar-refractivity contribution in [1.29, 1.82) is 5.26 Å². The second-order valence-electron chi connectivity index (χ2n) is 6.00. The summed E-state index contributed by atoms with van der Waals surface area (Å²) >= 11 is 6.14. The predicted molar refractivity (Wildman–Crippen MR) is 109 cm³/mol. The van der Waals surface area contributed by atoms with Crippen LogP contribution in [-0.4, -0.2) is 18.0 Å². The molecule has 3 rings (SSSR count). The minimum Gasteiger partial charge on any atom is -0.495 e. The van der Waals surface area contributed by atoms with Crippen molar-refractivity contribution in [2.45, 2.75) is 6.92 Å². The first-order chi connectivity index (χ1) is 13.5. The summed E-state index contributed by atoms with van der Waals surface area (Å²) in [5, 5.41) is 15.7. The molecule has 0 spiro atoms. The number of amides is 1. The summed E-state index contributed by atoms with van der Waals surface area (Å²) in [7, 11) is 1.56. The van der Waals surface area contributed by atoms with E-state index in [2.05, 4.69) is 21.7 Å². The number of methoxy groups -OCH3 is 1. The highest BCUT2D eigenvalue weighted by atomic mass is 35.5. The molecular formula is C21H17ClN4O2.